The SMILES string of the molecule is N#Cc1cccnc1Nc1ccc(C(=O)O)c(Cl)c1. The highest BCUT2D eigenvalue weighted by Crippen LogP contribution is 2.24. The lowest BCUT2D eigenvalue weighted by Gasteiger charge is -2.08. The summed E-state index contributed by atoms with van der Waals surface area (Å²) in [6.45, 7) is 0. The van der Waals surface area contributed by atoms with Crippen molar-refractivity contribution in [2.75, 3.05) is 5.32 Å². The minimum atomic E-state index is -1.09. The molecule has 1 heterocycles. The number of anilines is 2. The number of benzene rings is 1. The van der Waals surface area contributed by atoms with E-state index in [-0.39, 0.29) is 10.6 Å². The van der Waals surface area contributed by atoms with Gasteiger partial charge in [0.05, 0.1) is 16.1 Å². The highest BCUT2D eigenvalue weighted by molar-refractivity contribution is 6.33. The van der Waals surface area contributed by atoms with E-state index in [1.165, 1.54) is 12.1 Å². The van der Waals surface area contributed by atoms with Gasteiger partial charge in [0.2, 0.25) is 0 Å². The van der Waals surface area contributed by atoms with Crippen LogP contribution >= 0.6 is 11.6 Å². The highest BCUT2D eigenvalue weighted by Gasteiger charge is 2.10. The topological polar surface area (TPSA) is 86.0 Å². The van der Waals surface area contributed by atoms with Gasteiger partial charge in [-0.15, -0.1) is 0 Å². The molecule has 1 aromatic heterocycles. The van der Waals surface area contributed by atoms with Crippen molar-refractivity contribution in [2.45, 2.75) is 0 Å². The maximum absolute atomic E-state index is 10.8. The van der Waals surface area contributed by atoms with Crippen LogP contribution in [0.3, 0.4) is 0 Å². The summed E-state index contributed by atoms with van der Waals surface area (Å²) < 4.78 is 0. The fraction of sp³-hybridized carbons (Fsp3) is 0. The van der Waals surface area contributed by atoms with Crippen LogP contribution in [0.4, 0.5) is 11.5 Å². The first-order chi connectivity index (χ1) is 9.11. The Balaban J connectivity index is 2.32. The molecule has 19 heavy (non-hydrogen) atoms. The molecule has 0 atom stereocenters. The van der Waals surface area contributed by atoms with Crippen molar-refractivity contribution in [1.29, 1.82) is 5.26 Å². The van der Waals surface area contributed by atoms with Gasteiger partial charge in [0.25, 0.3) is 0 Å². The normalized spacial score (nSPS) is 9.68. The van der Waals surface area contributed by atoms with Gasteiger partial charge in [0.15, 0.2) is 0 Å². The fourth-order valence-electron chi connectivity index (χ4n) is 1.50. The van der Waals surface area contributed by atoms with E-state index in [4.69, 9.17) is 22.0 Å². The van der Waals surface area contributed by atoms with Gasteiger partial charge in [-0.05, 0) is 30.3 Å². The van der Waals surface area contributed by atoms with Crippen LogP contribution in [0.15, 0.2) is 36.5 Å². The summed E-state index contributed by atoms with van der Waals surface area (Å²) in [5, 5.41) is 20.8. The van der Waals surface area contributed by atoms with Crippen LogP contribution in [0, 0.1) is 11.3 Å². The van der Waals surface area contributed by atoms with Gasteiger partial charge in [-0.1, -0.05) is 11.6 Å². The molecule has 0 spiro atoms. The first-order valence-corrected chi connectivity index (χ1v) is 5.64. The average Bonchev–Trinajstić information content (AvgIpc) is 2.39. The number of rotatable bonds is 3. The first-order valence-electron chi connectivity index (χ1n) is 5.27. The number of carbonyl (C=O) groups is 1. The summed E-state index contributed by atoms with van der Waals surface area (Å²) in [5.74, 6) is -0.698. The van der Waals surface area contributed by atoms with Crippen LogP contribution in [0.5, 0.6) is 0 Å². The maximum atomic E-state index is 10.8. The number of nitrogens with one attached hydrogen (secondary N) is 1. The van der Waals surface area contributed by atoms with Crippen molar-refractivity contribution in [3.63, 3.8) is 0 Å². The molecule has 2 N–H and O–H groups in total. The number of pyridine rings is 1. The Bertz CT molecular complexity index is 680. The van der Waals surface area contributed by atoms with Crippen LogP contribution in [-0.2, 0) is 0 Å². The second-order valence-electron chi connectivity index (χ2n) is 3.64. The van der Waals surface area contributed by atoms with Crippen molar-refractivity contribution in [1.82, 2.24) is 4.98 Å². The number of hydrogen-bond acceptors (Lipinski definition) is 4. The van der Waals surface area contributed by atoms with E-state index < -0.39 is 5.97 Å². The Morgan fingerprint density at radius 1 is 1.42 bits per heavy atom. The third-order valence-electron chi connectivity index (χ3n) is 2.39. The molecular weight excluding hydrogens is 266 g/mol. The fourth-order valence-corrected chi connectivity index (χ4v) is 1.76. The quantitative estimate of drug-likeness (QED) is 0.897. The second kappa shape index (κ2) is 5.38. The Labute approximate surface area is 114 Å². The average molecular weight is 274 g/mol. The van der Waals surface area contributed by atoms with E-state index in [0.29, 0.717) is 17.1 Å². The molecule has 0 aliphatic carbocycles. The van der Waals surface area contributed by atoms with Crippen molar-refractivity contribution < 1.29 is 9.90 Å². The van der Waals surface area contributed by atoms with E-state index in [2.05, 4.69) is 10.3 Å². The lowest BCUT2D eigenvalue weighted by atomic mass is 10.2. The number of aromatic carboxylic acids is 1. The van der Waals surface area contributed by atoms with Crippen LogP contribution in [-0.4, -0.2) is 16.1 Å². The van der Waals surface area contributed by atoms with Crippen molar-refractivity contribution in [3.8, 4) is 6.07 Å². The first kappa shape index (κ1) is 12.9. The van der Waals surface area contributed by atoms with Crippen LogP contribution in [0.1, 0.15) is 15.9 Å². The molecule has 1 aromatic carbocycles. The zero-order valence-corrected chi connectivity index (χ0v) is 10.3. The second-order valence-corrected chi connectivity index (χ2v) is 4.04. The lowest BCUT2D eigenvalue weighted by Crippen LogP contribution is -2.00. The van der Waals surface area contributed by atoms with Gasteiger partial charge in [0.1, 0.15) is 11.9 Å². The van der Waals surface area contributed by atoms with Crippen LogP contribution in [0.2, 0.25) is 5.02 Å². The maximum Gasteiger partial charge on any atom is 0.337 e. The van der Waals surface area contributed by atoms with E-state index >= 15 is 0 Å². The molecule has 94 valence electrons. The smallest absolute Gasteiger partial charge is 0.337 e. The van der Waals surface area contributed by atoms with E-state index in [1.54, 1.807) is 24.4 Å². The molecule has 2 aromatic rings. The van der Waals surface area contributed by atoms with Gasteiger partial charge in [-0.2, -0.15) is 5.26 Å². The summed E-state index contributed by atoms with van der Waals surface area (Å²) in [6.07, 6.45) is 1.55. The van der Waals surface area contributed by atoms with Crippen molar-refractivity contribution in [3.05, 3.63) is 52.7 Å². The number of halogens is 1. The number of nitriles is 1. The summed E-state index contributed by atoms with van der Waals surface area (Å²) in [5.41, 5.74) is 0.972. The van der Waals surface area contributed by atoms with Crippen molar-refractivity contribution in [2.24, 2.45) is 0 Å². The van der Waals surface area contributed by atoms with Crippen molar-refractivity contribution >= 4 is 29.1 Å². The van der Waals surface area contributed by atoms with Gasteiger partial charge in [-0.3, -0.25) is 0 Å². The molecule has 0 unspecified atom stereocenters. The third kappa shape index (κ3) is 2.81. The molecular formula is C13H8ClN3O2. The molecule has 0 radical (unpaired) electrons. The number of carboxylic acid groups (broad SMARTS) is 1. The summed E-state index contributed by atoms with van der Waals surface area (Å²) in [6, 6.07) is 9.72. The van der Waals surface area contributed by atoms with Gasteiger partial charge in [-0.25, -0.2) is 9.78 Å². The molecule has 0 saturated carbocycles. The van der Waals surface area contributed by atoms with Crippen LogP contribution in [0.25, 0.3) is 0 Å². The number of hydrogen-bond donors (Lipinski definition) is 2. The number of aromatic nitrogens is 1. The Morgan fingerprint density at radius 2 is 2.21 bits per heavy atom. The number of nitrogens with zero attached hydrogens (tertiary/aromatic N) is 2. The Hall–Kier alpha value is -2.58. The minimum absolute atomic E-state index is 0.0220. The largest absolute Gasteiger partial charge is 0.478 e. The molecule has 2 rings (SSSR count). The molecule has 0 bridgehead atoms. The molecule has 0 amide bonds. The predicted molar refractivity (Wildman–Crippen MR) is 70.6 cm³/mol. The molecule has 0 fully saturated rings. The monoisotopic (exact) mass is 273 g/mol. The zero-order valence-electron chi connectivity index (χ0n) is 9.59. The summed E-state index contributed by atoms with van der Waals surface area (Å²) in [7, 11) is 0. The van der Waals surface area contributed by atoms with Gasteiger partial charge < -0.3 is 10.4 Å². The molecule has 6 heteroatoms. The molecule has 0 aliphatic heterocycles. The third-order valence-corrected chi connectivity index (χ3v) is 2.70. The standard InChI is InChI=1S/C13H8ClN3O2/c14-11-6-9(3-4-10(11)13(18)19)17-12-8(7-15)2-1-5-16-12/h1-6H,(H,16,17)(H,18,19). The Morgan fingerprint density at radius 3 is 2.84 bits per heavy atom. The number of carboxylic acids is 1. The predicted octanol–water partition coefficient (Wildman–Crippen LogP) is 3.05. The van der Waals surface area contributed by atoms with Crippen LogP contribution < -0.4 is 5.32 Å². The molecule has 0 aliphatic rings. The van der Waals surface area contributed by atoms with E-state index in [0.717, 1.165) is 0 Å². The van der Waals surface area contributed by atoms with E-state index in [9.17, 15) is 4.79 Å². The van der Waals surface area contributed by atoms with Gasteiger partial charge in [0, 0.05) is 11.9 Å². The van der Waals surface area contributed by atoms with E-state index in [1.807, 2.05) is 6.07 Å². The molecule has 5 nitrogen and oxygen atoms in total. The van der Waals surface area contributed by atoms with Gasteiger partial charge >= 0.3 is 5.97 Å². The summed E-state index contributed by atoms with van der Waals surface area (Å²) >= 11 is 5.86. The lowest BCUT2D eigenvalue weighted by molar-refractivity contribution is 0.0697. The molecule has 0 saturated heterocycles. The highest BCUT2D eigenvalue weighted by atomic mass is 35.5. The summed E-state index contributed by atoms with van der Waals surface area (Å²) in [4.78, 5) is 14.9. The minimum Gasteiger partial charge on any atom is -0.478 e. The zero-order chi connectivity index (χ0) is 13.8. The Kier molecular flexibility index (Phi) is 3.64.